The number of rotatable bonds is 5. The second-order valence-electron chi connectivity index (χ2n) is 6.60. The molecule has 3 amide bonds. The maximum absolute atomic E-state index is 12.9. The van der Waals surface area contributed by atoms with Gasteiger partial charge in [0.25, 0.3) is 11.1 Å². The predicted octanol–water partition coefficient (Wildman–Crippen LogP) is 2.93. The lowest BCUT2D eigenvalue weighted by molar-refractivity contribution is -0.127. The number of amides is 3. The highest BCUT2D eigenvalue weighted by Gasteiger charge is 2.36. The number of imide groups is 1. The molecule has 1 N–H and O–H groups in total. The highest BCUT2D eigenvalue weighted by atomic mass is 32.2. The summed E-state index contributed by atoms with van der Waals surface area (Å²) in [7, 11) is 0. The molecule has 0 bridgehead atoms. The summed E-state index contributed by atoms with van der Waals surface area (Å²) in [5.74, 6) is -0.444. The first-order chi connectivity index (χ1) is 14.5. The zero-order chi connectivity index (χ0) is 21.1. The molecule has 2 fully saturated rings. The Morgan fingerprint density at radius 1 is 1.13 bits per heavy atom. The first-order valence-corrected chi connectivity index (χ1v) is 10.0. The highest BCUT2D eigenvalue weighted by Crippen LogP contribution is 2.33. The molecule has 156 valence electrons. The van der Waals surface area contributed by atoms with E-state index in [1.165, 1.54) is 30.3 Å². The van der Waals surface area contributed by atoms with Gasteiger partial charge in [0.05, 0.1) is 18.1 Å². The van der Waals surface area contributed by atoms with Crippen LogP contribution in [0, 0.1) is 5.82 Å². The molecule has 10 heteroatoms. The summed E-state index contributed by atoms with van der Waals surface area (Å²) in [5.41, 5.74) is 0.371. The van der Waals surface area contributed by atoms with E-state index in [0.717, 1.165) is 16.7 Å². The third kappa shape index (κ3) is 4.55. The first kappa shape index (κ1) is 20.2. The van der Waals surface area contributed by atoms with Crippen LogP contribution in [0.5, 0.6) is 0 Å². The van der Waals surface area contributed by atoms with Crippen molar-refractivity contribution in [3.05, 3.63) is 52.9 Å². The quantitative estimate of drug-likeness (QED) is 0.728. The number of nitrogens with zero attached hydrogens (tertiary/aromatic N) is 2. The summed E-state index contributed by atoms with van der Waals surface area (Å²) in [4.78, 5) is 40.0. The summed E-state index contributed by atoms with van der Waals surface area (Å²) in [5, 5.41) is 1.99. The Balaban J connectivity index is 1.40. The summed E-state index contributed by atoms with van der Waals surface area (Å²) >= 11 is 0.747. The van der Waals surface area contributed by atoms with Crippen LogP contribution in [0.4, 0.5) is 20.8 Å². The summed E-state index contributed by atoms with van der Waals surface area (Å²) in [6.45, 7) is 2.24. The van der Waals surface area contributed by atoms with Crippen molar-refractivity contribution in [2.45, 2.75) is 0 Å². The van der Waals surface area contributed by atoms with Crippen LogP contribution < -0.4 is 10.2 Å². The Bertz CT molecular complexity index is 998. The molecule has 1 aromatic carbocycles. The highest BCUT2D eigenvalue weighted by molar-refractivity contribution is 8.18. The predicted molar refractivity (Wildman–Crippen MR) is 109 cm³/mol. The molecule has 1 aromatic heterocycles. The monoisotopic (exact) mass is 431 g/mol. The van der Waals surface area contributed by atoms with Gasteiger partial charge in [-0.2, -0.15) is 0 Å². The number of hydrogen-bond acceptors (Lipinski definition) is 7. The van der Waals surface area contributed by atoms with Crippen LogP contribution in [-0.4, -0.2) is 54.8 Å². The molecule has 8 nitrogen and oxygen atoms in total. The van der Waals surface area contributed by atoms with E-state index in [9.17, 15) is 18.8 Å². The number of nitrogens with one attached hydrogen (secondary N) is 1. The minimum atomic E-state index is -0.566. The Kier molecular flexibility index (Phi) is 5.86. The Morgan fingerprint density at radius 2 is 1.87 bits per heavy atom. The van der Waals surface area contributed by atoms with Crippen LogP contribution in [0.3, 0.4) is 0 Å². The minimum absolute atomic E-state index is 0.178. The number of carbonyl (C=O) groups is 3. The Hall–Kier alpha value is -3.11. The smallest absolute Gasteiger partial charge is 0.294 e. The number of morpholine rings is 1. The molecular weight excluding hydrogens is 413 g/mol. The average molecular weight is 431 g/mol. The van der Waals surface area contributed by atoms with Crippen molar-refractivity contribution in [3.8, 4) is 0 Å². The van der Waals surface area contributed by atoms with Gasteiger partial charge in [-0.25, -0.2) is 4.39 Å². The number of thioether (sulfide) groups is 1. The van der Waals surface area contributed by atoms with Crippen molar-refractivity contribution in [1.29, 1.82) is 0 Å². The molecule has 0 radical (unpaired) electrons. The van der Waals surface area contributed by atoms with Crippen molar-refractivity contribution in [3.63, 3.8) is 0 Å². The molecule has 2 aromatic rings. The van der Waals surface area contributed by atoms with Gasteiger partial charge in [0, 0.05) is 30.9 Å². The van der Waals surface area contributed by atoms with Crippen molar-refractivity contribution in [2.24, 2.45) is 0 Å². The molecule has 0 aliphatic carbocycles. The number of anilines is 2. The van der Waals surface area contributed by atoms with E-state index in [0.29, 0.717) is 43.6 Å². The third-order valence-electron chi connectivity index (χ3n) is 4.51. The van der Waals surface area contributed by atoms with Crippen LogP contribution >= 0.6 is 11.8 Å². The number of carbonyl (C=O) groups excluding carboxylic acids is 3. The van der Waals surface area contributed by atoms with E-state index in [1.807, 2.05) is 4.90 Å². The summed E-state index contributed by atoms with van der Waals surface area (Å²) < 4.78 is 24.0. The third-order valence-corrected chi connectivity index (χ3v) is 5.42. The van der Waals surface area contributed by atoms with Gasteiger partial charge in [-0.05, 0) is 42.1 Å². The number of halogens is 1. The van der Waals surface area contributed by atoms with Crippen LogP contribution in [-0.2, 0) is 14.3 Å². The zero-order valence-electron chi connectivity index (χ0n) is 15.8. The first-order valence-electron chi connectivity index (χ1n) is 9.23. The van der Waals surface area contributed by atoms with Gasteiger partial charge in [-0.1, -0.05) is 0 Å². The average Bonchev–Trinajstić information content (AvgIpc) is 3.31. The molecule has 0 spiro atoms. The van der Waals surface area contributed by atoms with Gasteiger partial charge < -0.3 is 19.4 Å². The van der Waals surface area contributed by atoms with Gasteiger partial charge in [-0.3, -0.25) is 19.3 Å². The second kappa shape index (κ2) is 8.72. The summed E-state index contributed by atoms with van der Waals surface area (Å²) in [6.07, 6.45) is 1.49. The van der Waals surface area contributed by atoms with E-state index < -0.39 is 29.4 Å². The molecule has 30 heavy (non-hydrogen) atoms. The van der Waals surface area contributed by atoms with Crippen LogP contribution in [0.25, 0.3) is 6.08 Å². The van der Waals surface area contributed by atoms with Gasteiger partial charge in [-0.15, -0.1) is 0 Å². The van der Waals surface area contributed by atoms with Crippen molar-refractivity contribution in [1.82, 2.24) is 4.90 Å². The van der Waals surface area contributed by atoms with E-state index in [2.05, 4.69) is 5.32 Å². The van der Waals surface area contributed by atoms with E-state index in [1.54, 1.807) is 12.1 Å². The molecule has 0 unspecified atom stereocenters. The lowest BCUT2D eigenvalue weighted by Crippen LogP contribution is -2.36. The fourth-order valence-electron chi connectivity index (χ4n) is 3.02. The summed E-state index contributed by atoms with van der Waals surface area (Å²) in [6, 6.07) is 8.71. The second-order valence-corrected chi connectivity index (χ2v) is 7.59. The fraction of sp³-hybridized carbons (Fsp3) is 0.250. The van der Waals surface area contributed by atoms with Gasteiger partial charge >= 0.3 is 0 Å². The normalized spacial score (nSPS) is 18.4. The molecule has 0 saturated carbocycles. The van der Waals surface area contributed by atoms with Gasteiger partial charge in [0.15, 0.2) is 5.88 Å². The standard InChI is InChI=1S/C20H18FN3O5S/c21-13-1-3-14(4-2-13)22-17(25)12-24-19(26)16(30-20(24)27)11-15-5-6-18(29-15)23-7-9-28-10-8-23/h1-6,11H,7-10,12H2,(H,22,25). The molecule has 0 atom stereocenters. The SMILES string of the molecule is O=C(CN1C(=O)SC(=Cc2ccc(N3CCOCC3)o2)C1=O)Nc1ccc(F)cc1. The number of benzene rings is 1. The largest absolute Gasteiger partial charge is 0.441 e. The maximum Gasteiger partial charge on any atom is 0.294 e. The van der Waals surface area contributed by atoms with Gasteiger partial charge in [0.1, 0.15) is 18.1 Å². The van der Waals surface area contributed by atoms with Crippen LogP contribution in [0.2, 0.25) is 0 Å². The van der Waals surface area contributed by atoms with E-state index in [4.69, 9.17) is 9.15 Å². The zero-order valence-corrected chi connectivity index (χ0v) is 16.6. The molecule has 4 rings (SSSR count). The van der Waals surface area contributed by atoms with Crippen LogP contribution in [0.1, 0.15) is 5.76 Å². The van der Waals surface area contributed by atoms with E-state index >= 15 is 0 Å². The van der Waals surface area contributed by atoms with E-state index in [-0.39, 0.29) is 4.91 Å². The van der Waals surface area contributed by atoms with Crippen molar-refractivity contribution in [2.75, 3.05) is 43.1 Å². The fourth-order valence-corrected chi connectivity index (χ4v) is 3.83. The van der Waals surface area contributed by atoms with Gasteiger partial charge in [0.2, 0.25) is 5.91 Å². The molecule has 2 aliphatic heterocycles. The maximum atomic E-state index is 12.9. The van der Waals surface area contributed by atoms with Crippen LogP contribution in [0.15, 0.2) is 45.7 Å². The lowest BCUT2D eigenvalue weighted by Gasteiger charge is -2.26. The lowest BCUT2D eigenvalue weighted by atomic mass is 10.3. The Morgan fingerprint density at radius 3 is 2.60 bits per heavy atom. The molecule has 3 heterocycles. The topological polar surface area (TPSA) is 92.1 Å². The minimum Gasteiger partial charge on any atom is -0.441 e. The van der Waals surface area contributed by atoms with Crippen molar-refractivity contribution >= 4 is 46.5 Å². The number of furan rings is 1. The number of hydrogen-bond donors (Lipinski definition) is 1. The molecule has 2 saturated heterocycles. The number of ether oxygens (including phenoxy) is 1. The molecular formula is C20H18FN3O5S. The molecule has 2 aliphatic rings. The Labute approximate surface area is 175 Å². The van der Waals surface area contributed by atoms with Crippen molar-refractivity contribution < 1.29 is 27.9 Å².